The van der Waals surface area contributed by atoms with Crippen molar-refractivity contribution in [2.24, 2.45) is 20.5 Å². The molecule has 3 N–H and O–H groups in total. The predicted molar refractivity (Wildman–Crippen MR) is 149 cm³/mol. The van der Waals surface area contributed by atoms with Crippen molar-refractivity contribution in [3.8, 4) is 5.75 Å². The minimum absolute atomic E-state index is 0. The normalized spacial score (nSPS) is 11.7. The van der Waals surface area contributed by atoms with Crippen LogP contribution in [0, 0.1) is 6.92 Å². The standard InChI is InChI=1S/C27H21N5O7S2.2Na/c1-15-4-2-3-5-22(15)29-30-23-10-11-24(21-14-18(40-39-38-34)7-9-20(21)23)31-32-26-25(41(35,36)37)13-16-12-17(28)6-8-19(16)27(26)33;;/h2-14,33-34H,28H2,1H3,(H,35,36,37);;/q;2*+1/p-2. The maximum atomic E-state index is 12.1. The number of aryl methyl sites for hydroxylation is 1. The summed E-state index contributed by atoms with van der Waals surface area (Å²) in [5, 5.41) is 43.1. The van der Waals surface area contributed by atoms with Gasteiger partial charge in [0, 0.05) is 26.7 Å². The first-order chi connectivity index (χ1) is 19.7. The van der Waals surface area contributed by atoms with E-state index in [0.717, 1.165) is 11.6 Å². The van der Waals surface area contributed by atoms with Crippen LogP contribution in [0.3, 0.4) is 0 Å². The topological polar surface area (TPSA) is 194 Å². The molecule has 0 heterocycles. The number of phenolic OH excluding ortho intramolecular Hbond substituents is 1. The van der Waals surface area contributed by atoms with Gasteiger partial charge >= 0.3 is 59.1 Å². The molecule has 0 bridgehead atoms. The third kappa shape index (κ3) is 7.99. The number of nitrogen functional groups attached to an aromatic ring is 1. The molecule has 0 atom stereocenters. The number of nitrogens with zero attached hydrogens (tertiary/aromatic N) is 4. The van der Waals surface area contributed by atoms with E-state index in [9.17, 15) is 23.3 Å². The summed E-state index contributed by atoms with van der Waals surface area (Å²) >= 11 is 0.655. The van der Waals surface area contributed by atoms with Crippen LogP contribution < -0.4 is 70.1 Å². The first-order valence-corrected chi connectivity index (χ1v) is 13.9. The number of hydrogen-bond acceptors (Lipinski definition) is 13. The zero-order valence-electron chi connectivity index (χ0n) is 23.1. The van der Waals surface area contributed by atoms with E-state index in [1.165, 1.54) is 18.2 Å². The van der Waals surface area contributed by atoms with Crippen LogP contribution in [0.5, 0.6) is 5.75 Å². The third-order valence-electron chi connectivity index (χ3n) is 6.08. The number of anilines is 1. The monoisotopic (exact) mass is 635 g/mol. The molecule has 0 amide bonds. The molecule has 0 aliphatic rings. The van der Waals surface area contributed by atoms with Gasteiger partial charge in [-0.2, -0.15) is 9.45 Å². The van der Waals surface area contributed by atoms with E-state index in [4.69, 9.17) is 5.73 Å². The molecule has 0 radical (unpaired) electrons. The Labute approximate surface area is 294 Å². The maximum absolute atomic E-state index is 12.1. The molecule has 16 heteroatoms. The van der Waals surface area contributed by atoms with E-state index in [1.54, 1.807) is 30.3 Å². The summed E-state index contributed by atoms with van der Waals surface area (Å²) in [6, 6.07) is 21.1. The van der Waals surface area contributed by atoms with Crippen molar-refractivity contribution >= 4 is 72.1 Å². The number of rotatable bonds is 8. The Bertz CT molecular complexity index is 1980. The van der Waals surface area contributed by atoms with Gasteiger partial charge < -0.3 is 20.7 Å². The van der Waals surface area contributed by atoms with Gasteiger partial charge in [0.05, 0.1) is 34.0 Å². The number of hydrogen-bond donors (Lipinski definition) is 2. The molecular weight excluding hydrogens is 616 g/mol. The first kappa shape index (κ1) is 35.0. The third-order valence-corrected chi connectivity index (χ3v) is 7.50. The molecule has 43 heavy (non-hydrogen) atoms. The van der Waals surface area contributed by atoms with Gasteiger partial charge in [0.1, 0.15) is 15.8 Å². The van der Waals surface area contributed by atoms with E-state index in [0.29, 0.717) is 44.8 Å². The Hall–Kier alpha value is -2.44. The maximum Gasteiger partial charge on any atom is 1.00 e. The number of fused-ring (bicyclic) bond motifs is 2. The van der Waals surface area contributed by atoms with Crippen molar-refractivity contribution in [2.45, 2.75) is 16.7 Å². The van der Waals surface area contributed by atoms with Gasteiger partial charge in [-0.15, -0.1) is 15.3 Å². The number of azo groups is 2. The molecule has 208 valence electrons. The second kappa shape index (κ2) is 15.0. The SMILES string of the molecule is Cc1ccccc1N=Nc1ccc(N=Nc2c(S(=O)(=O)[O-])cc3cc(N)ccc3c2O)c2cc(SOO[O-])ccc12.[Na+].[Na+]. The summed E-state index contributed by atoms with van der Waals surface area (Å²) in [6.07, 6.45) is 0. The molecular formula is C27H19N5Na2O7S2. The average Bonchev–Trinajstić information content (AvgIpc) is 2.94. The van der Waals surface area contributed by atoms with Crippen LogP contribution in [0.25, 0.3) is 21.5 Å². The fourth-order valence-electron chi connectivity index (χ4n) is 4.12. The summed E-state index contributed by atoms with van der Waals surface area (Å²) in [4.78, 5) is -0.297. The van der Waals surface area contributed by atoms with Gasteiger partial charge in [-0.3, -0.25) is 5.04 Å². The average molecular weight is 636 g/mol. The summed E-state index contributed by atoms with van der Waals surface area (Å²) in [5.41, 5.74) is 7.88. The molecule has 0 unspecified atom stereocenters. The summed E-state index contributed by atoms with van der Waals surface area (Å²) in [7, 11) is -5.06. The fourth-order valence-corrected chi connectivity index (χ4v) is 5.16. The molecule has 0 aromatic heterocycles. The molecule has 0 saturated heterocycles. The number of phenols is 1. The van der Waals surface area contributed by atoms with Gasteiger partial charge in [0.25, 0.3) is 0 Å². The molecule has 5 aromatic rings. The second-order valence-corrected chi connectivity index (χ2v) is 10.8. The summed E-state index contributed by atoms with van der Waals surface area (Å²) in [5.74, 6) is -0.550. The van der Waals surface area contributed by atoms with Crippen LogP contribution in [0.2, 0.25) is 0 Å². The first-order valence-electron chi connectivity index (χ1n) is 11.8. The Balaban J connectivity index is 0.00000253. The van der Waals surface area contributed by atoms with E-state index >= 15 is 0 Å². The number of nitrogens with two attached hydrogens (primary N) is 1. The van der Waals surface area contributed by atoms with E-state index in [-0.39, 0.29) is 75.6 Å². The van der Waals surface area contributed by atoms with Crippen LogP contribution in [0.1, 0.15) is 5.56 Å². The molecule has 0 saturated carbocycles. The van der Waals surface area contributed by atoms with E-state index in [1.807, 2.05) is 31.2 Å². The molecule has 0 spiro atoms. The summed E-state index contributed by atoms with van der Waals surface area (Å²) < 4.78 is 40.7. The minimum atomic E-state index is -5.06. The number of aromatic hydroxyl groups is 1. The van der Waals surface area contributed by atoms with Gasteiger partial charge in [-0.1, -0.05) is 24.3 Å². The Morgan fingerprint density at radius 2 is 1.47 bits per heavy atom. The van der Waals surface area contributed by atoms with Gasteiger partial charge in [-0.05, 0) is 72.5 Å². The van der Waals surface area contributed by atoms with Crippen molar-refractivity contribution in [3.63, 3.8) is 0 Å². The Morgan fingerprint density at radius 1 is 0.814 bits per heavy atom. The zero-order chi connectivity index (χ0) is 29.1. The predicted octanol–water partition coefficient (Wildman–Crippen LogP) is 0.563. The van der Waals surface area contributed by atoms with Crippen molar-refractivity contribution in [3.05, 3.63) is 84.4 Å². The van der Waals surface area contributed by atoms with Crippen LogP contribution in [-0.2, 0) is 19.5 Å². The van der Waals surface area contributed by atoms with Crippen LogP contribution in [0.4, 0.5) is 28.4 Å². The van der Waals surface area contributed by atoms with Crippen molar-refractivity contribution < 1.29 is 91.8 Å². The van der Waals surface area contributed by atoms with Crippen LogP contribution in [0.15, 0.2) is 109 Å². The van der Waals surface area contributed by atoms with Crippen molar-refractivity contribution in [2.75, 3.05) is 5.73 Å². The van der Waals surface area contributed by atoms with Gasteiger partial charge in [0.15, 0.2) is 5.75 Å². The molecule has 12 nitrogen and oxygen atoms in total. The van der Waals surface area contributed by atoms with E-state index < -0.39 is 26.5 Å². The van der Waals surface area contributed by atoms with Crippen molar-refractivity contribution in [1.29, 1.82) is 0 Å². The Kier molecular flexibility index (Phi) is 12.2. The molecule has 0 aliphatic carbocycles. The second-order valence-electron chi connectivity index (χ2n) is 8.72. The molecule has 0 aliphatic heterocycles. The van der Waals surface area contributed by atoms with Crippen LogP contribution in [-0.4, -0.2) is 18.1 Å². The zero-order valence-corrected chi connectivity index (χ0v) is 28.7. The van der Waals surface area contributed by atoms with E-state index in [2.05, 4.69) is 29.8 Å². The quantitative estimate of drug-likeness (QED) is 0.0466. The van der Waals surface area contributed by atoms with Crippen LogP contribution >= 0.6 is 12.0 Å². The summed E-state index contributed by atoms with van der Waals surface area (Å²) in [6.45, 7) is 1.91. The molecule has 0 fully saturated rings. The molecule has 5 rings (SSSR count). The van der Waals surface area contributed by atoms with Crippen molar-refractivity contribution in [1.82, 2.24) is 0 Å². The smallest absolute Gasteiger partial charge is 0.744 e. The minimum Gasteiger partial charge on any atom is -0.744 e. The van der Waals surface area contributed by atoms with Gasteiger partial charge in [0.2, 0.25) is 0 Å². The van der Waals surface area contributed by atoms with Gasteiger partial charge in [-0.25, -0.2) is 8.42 Å². The fraction of sp³-hybridized carbons (Fsp3) is 0.0370. The largest absolute Gasteiger partial charge is 1.00 e. The molecule has 5 aromatic carbocycles. The number of benzene rings is 5. The Morgan fingerprint density at radius 3 is 2.16 bits per heavy atom.